The van der Waals surface area contributed by atoms with E-state index >= 15 is 0 Å². The average Bonchev–Trinajstić information content (AvgIpc) is 2.49. The van der Waals surface area contributed by atoms with Crippen molar-refractivity contribution in [3.05, 3.63) is 11.1 Å². The van der Waals surface area contributed by atoms with Crippen LogP contribution in [0.15, 0.2) is 6.20 Å². The van der Waals surface area contributed by atoms with Gasteiger partial charge in [0, 0.05) is 6.20 Å². The first kappa shape index (κ1) is 12.9. The third-order valence-corrected chi connectivity index (χ3v) is 11.1. The third kappa shape index (κ3) is 2.49. The van der Waals surface area contributed by atoms with Crippen LogP contribution in [-0.4, -0.2) is 18.2 Å². The van der Waals surface area contributed by atoms with E-state index in [1.807, 2.05) is 6.20 Å². The number of thiazole rings is 1. The molecule has 1 unspecified atom stereocenters. The fourth-order valence-corrected chi connectivity index (χ4v) is 5.02. The van der Waals surface area contributed by atoms with E-state index in [9.17, 15) is 5.11 Å². The predicted octanol–water partition coefficient (Wildman–Crippen LogP) is 2.91. The highest BCUT2D eigenvalue weighted by Gasteiger charge is 2.39. The van der Waals surface area contributed by atoms with Crippen molar-refractivity contribution in [2.75, 3.05) is 0 Å². The molecule has 4 heteroatoms. The van der Waals surface area contributed by atoms with Gasteiger partial charge in [0.2, 0.25) is 0 Å². The maximum atomic E-state index is 9.49. The van der Waals surface area contributed by atoms with E-state index in [-0.39, 0.29) is 6.10 Å². The van der Waals surface area contributed by atoms with Crippen LogP contribution in [0.5, 0.6) is 0 Å². The topological polar surface area (TPSA) is 33.1 Å². The van der Waals surface area contributed by atoms with E-state index in [2.05, 4.69) is 38.8 Å². The van der Waals surface area contributed by atoms with Crippen molar-refractivity contribution in [2.24, 2.45) is 0 Å². The molecule has 0 amide bonds. The second-order valence-electron chi connectivity index (χ2n) is 5.62. The molecule has 0 radical (unpaired) electrons. The molecule has 1 heterocycles. The van der Waals surface area contributed by atoms with E-state index < -0.39 is 8.07 Å². The molecule has 2 nitrogen and oxygen atoms in total. The quantitative estimate of drug-likeness (QED) is 0.810. The lowest BCUT2D eigenvalue weighted by Crippen LogP contribution is -2.49. The minimum Gasteiger partial charge on any atom is -0.388 e. The Bertz CT molecular complexity index is 339. The molecule has 0 saturated heterocycles. The van der Waals surface area contributed by atoms with E-state index in [0.29, 0.717) is 5.04 Å². The maximum absolute atomic E-state index is 9.49. The Kier molecular flexibility index (Phi) is 3.43. The van der Waals surface area contributed by atoms with Gasteiger partial charge in [0.15, 0.2) is 0 Å². The van der Waals surface area contributed by atoms with Crippen molar-refractivity contribution in [2.45, 2.75) is 51.9 Å². The third-order valence-electron chi connectivity index (χ3n) is 3.34. The summed E-state index contributed by atoms with van der Waals surface area (Å²) < 4.78 is 1.24. The van der Waals surface area contributed by atoms with Gasteiger partial charge in [-0.15, -0.1) is 11.3 Å². The SMILES string of the molecule is CC(O)c1cnc([Si](C)(C)C(C)(C)C)s1. The number of nitrogens with zero attached hydrogens (tertiary/aromatic N) is 1. The summed E-state index contributed by atoms with van der Waals surface area (Å²) in [7, 11) is -1.51. The second-order valence-corrected chi connectivity index (χ2v) is 12.3. The number of aliphatic hydroxyl groups is 1. The van der Waals surface area contributed by atoms with Gasteiger partial charge >= 0.3 is 0 Å². The number of rotatable bonds is 2. The lowest BCUT2D eigenvalue weighted by atomic mass is 10.2. The molecule has 0 aromatic carbocycles. The molecule has 1 atom stereocenters. The normalized spacial score (nSPS) is 15.4. The summed E-state index contributed by atoms with van der Waals surface area (Å²) in [6.07, 6.45) is 1.44. The zero-order valence-electron chi connectivity index (χ0n) is 10.5. The largest absolute Gasteiger partial charge is 0.388 e. The zero-order valence-corrected chi connectivity index (χ0v) is 12.3. The van der Waals surface area contributed by atoms with Crippen LogP contribution in [0.4, 0.5) is 0 Å². The first-order valence-electron chi connectivity index (χ1n) is 5.30. The van der Waals surface area contributed by atoms with Crippen molar-refractivity contribution in [3.8, 4) is 0 Å². The smallest absolute Gasteiger partial charge is 0.123 e. The standard InChI is InChI=1S/C11H21NOSSi/c1-8(13)9-7-12-10(14-9)15(5,6)11(2,3)4/h7-8,13H,1-6H3. The van der Waals surface area contributed by atoms with Crippen LogP contribution < -0.4 is 4.63 Å². The van der Waals surface area contributed by atoms with Gasteiger partial charge in [-0.3, -0.25) is 4.98 Å². The van der Waals surface area contributed by atoms with Crippen LogP contribution in [0.1, 0.15) is 38.7 Å². The van der Waals surface area contributed by atoms with Crippen LogP contribution >= 0.6 is 11.3 Å². The van der Waals surface area contributed by atoms with Gasteiger partial charge < -0.3 is 5.11 Å². The molecule has 0 aliphatic rings. The Morgan fingerprint density at radius 2 is 1.93 bits per heavy atom. The molecule has 15 heavy (non-hydrogen) atoms. The highest BCUT2D eigenvalue weighted by molar-refractivity contribution is 7.26. The fraction of sp³-hybridized carbons (Fsp3) is 0.727. The van der Waals surface area contributed by atoms with Crippen molar-refractivity contribution in [3.63, 3.8) is 0 Å². The molecule has 1 aromatic heterocycles. The molecule has 0 aliphatic heterocycles. The molecule has 0 saturated carbocycles. The lowest BCUT2D eigenvalue weighted by molar-refractivity contribution is 0.203. The molecule has 0 bridgehead atoms. The van der Waals surface area contributed by atoms with Crippen molar-refractivity contribution >= 4 is 24.0 Å². The number of hydrogen-bond donors (Lipinski definition) is 1. The predicted molar refractivity (Wildman–Crippen MR) is 69.6 cm³/mol. The van der Waals surface area contributed by atoms with Gasteiger partial charge in [-0.25, -0.2) is 0 Å². The van der Waals surface area contributed by atoms with E-state index in [0.717, 1.165) is 4.88 Å². The van der Waals surface area contributed by atoms with Gasteiger partial charge in [-0.2, -0.15) is 0 Å². The fourth-order valence-electron chi connectivity index (χ4n) is 1.09. The summed E-state index contributed by atoms with van der Waals surface area (Å²) in [5.74, 6) is 0. The minimum atomic E-state index is -1.51. The van der Waals surface area contributed by atoms with Crippen molar-refractivity contribution in [1.29, 1.82) is 0 Å². The summed E-state index contributed by atoms with van der Waals surface area (Å²) in [4.78, 5) is 5.48. The molecular formula is C11H21NOSSi. The van der Waals surface area contributed by atoms with Crippen molar-refractivity contribution in [1.82, 2.24) is 4.98 Å². The molecule has 0 aliphatic carbocycles. The van der Waals surface area contributed by atoms with Crippen LogP contribution in [-0.2, 0) is 0 Å². The maximum Gasteiger partial charge on any atom is 0.123 e. The first-order valence-corrected chi connectivity index (χ1v) is 9.12. The Morgan fingerprint density at radius 1 is 1.40 bits per heavy atom. The molecule has 86 valence electrons. The van der Waals surface area contributed by atoms with Gasteiger partial charge in [0.25, 0.3) is 0 Å². The summed E-state index contributed by atoms with van der Waals surface area (Å²) in [5.41, 5.74) is 0. The van der Waals surface area contributed by atoms with E-state index in [1.54, 1.807) is 18.3 Å². The Labute approximate surface area is 97.4 Å². The first-order chi connectivity index (χ1) is 6.66. The van der Waals surface area contributed by atoms with Gasteiger partial charge in [-0.1, -0.05) is 33.9 Å². The molecule has 1 aromatic rings. The second kappa shape index (κ2) is 4.00. The molecule has 0 spiro atoms. The summed E-state index contributed by atoms with van der Waals surface area (Å²) in [5, 5.41) is 9.80. The number of aromatic nitrogens is 1. The molecule has 1 rings (SSSR count). The van der Waals surface area contributed by atoms with Gasteiger partial charge in [0.05, 0.1) is 15.6 Å². The van der Waals surface area contributed by atoms with Crippen LogP contribution in [0.25, 0.3) is 0 Å². The van der Waals surface area contributed by atoms with E-state index in [1.165, 1.54) is 4.63 Å². The zero-order chi connectivity index (χ0) is 11.9. The van der Waals surface area contributed by atoms with Crippen LogP contribution in [0.3, 0.4) is 0 Å². The molecule has 0 fully saturated rings. The number of hydrogen-bond acceptors (Lipinski definition) is 3. The molecule has 1 N–H and O–H groups in total. The van der Waals surface area contributed by atoms with Gasteiger partial charge in [0.1, 0.15) is 8.07 Å². The number of aliphatic hydroxyl groups excluding tert-OH is 1. The van der Waals surface area contributed by atoms with Crippen molar-refractivity contribution < 1.29 is 5.11 Å². The summed E-state index contributed by atoms with van der Waals surface area (Å²) in [6.45, 7) is 13.3. The summed E-state index contributed by atoms with van der Waals surface area (Å²) >= 11 is 1.68. The Hall–Kier alpha value is -0.193. The monoisotopic (exact) mass is 243 g/mol. The van der Waals surface area contributed by atoms with Crippen LogP contribution in [0, 0.1) is 0 Å². The lowest BCUT2D eigenvalue weighted by Gasteiger charge is -2.34. The van der Waals surface area contributed by atoms with E-state index in [4.69, 9.17) is 0 Å². The van der Waals surface area contributed by atoms with Gasteiger partial charge in [-0.05, 0) is 12.0 Å². The average molecular weight is 243 g/mol. The highest BCUT2D eigenvalue weighted by Crippen LogP contribution is 2.36. The van der Waals surface area contributed by atoms with Crippen LogP contribution in [0.2, 0.25) is 18.1 Å². The molecular weight excluding hydrogens is 222 g/mol. The highest BCUT2D eigenvalue weighted by atomic mass is 32.1. The Morgan fingerprint density at radius 3 is 2.27 bits per heavy atom. The minimum absolute atomic E-state index is 0.306. The summed E-state index contributed by atoms with van der Waals surface area (Å²) in [6, 6.07) is 0. The Balaban J connectivity index is 3.06.